The lowest BCUT2D eigenvalue weighted by Crippen LogP contribution is -2.61. The third kappa shape index (κ3) is 6.22. The molecule has 0 spiro atoms. The number of hydrogen-bond acceptors (Lipinski definition) is 13. The highest BCUT2D eigenvalue weighted by atomic mass is 32.2. The number of Topliss-reactive ketones (excluding diaryl/α,β-unsaturated/α-hetero) is 2. The average Bonchev–Trinajstić information content (AvgIpc) is 2.81. The minimum atomic E-state index is -1.42. The maximum atomic E-state index is 13.4. The molecule has 0 amide bonds. The van der Waals surface area contributed by atoms with Crippen LogP contribution in [0.3, 0.4) is 0 Å². The first-order chi connectivity index (χ1) is 17.8. The summed E-state index contributed by atoms with van der Waals surface area (Å²) in [4.78, 5) is 73.7. The Kier molecular flexibility index (Phi) is 8.94. The molecule has 1 aromatic carbocycles. The molecule has 38 heavy (non-hydrogen) atoms. The Morgan fingerprint density at radius 3 is 2.03 bits per heavy atom. The van der Waals surface area contributed by atoms with Crippen LogP contribution in [0.1, 0.15) is 55.3 Å². The van der Waals surface area contributed by atoms with Crippen LogP contribution in [-0.2, 0) is 42.9 Å². The SMILES string of the molecule is CC(=O)OC[C@H]1O[C@H](SC2=C(C)C(=O)c3c(O)cccc3C2=O)[C@H](OC(C)=O)[C@@H](OC(C)=O)[C@@H]1OC(C)=O. The molecule has 13 heteroatoms. The first-order valence-corrected chi connectivity index (χ1v) is 12.3. The van der Waals surface area contributed by atoms with E-state index in [-0.39, 0.29) is 27.4 Å². The molecule has 1 fully saturated rings. The van der Waals surface area contributed by atoms with Gasteiger partial charge >= 0.3 is 23.9 Å². The summed E-state index contributed by atoms with van der Waals surface area (Å²) < 4.78 is 27.2. The molecular weight excluding hydrogens is 524 g/mol. The molecule has 3 rings (SSSR count). The number of aromatic hydroxyl groups is 1. The van der Waals surface area contributed by atoms with E-state index in [9.17, 15) is 33.9 Å². The second-order valence-corrected chi connectivity index (χ2v) is 9.61. The van der Waals surface area contributed by atoms with Crippen molar-refractivity contribution in [3.8, 4) is 5.75 Å². The topological polar surface area (TPSA) is 169 Å². The molecular formula is C25H26O12S. The van der Waals surface area contributed by atoms with Crippen LogP contribution < -0.4 is 0 Å². The van der Waals surface area contributed by atoms with E-state index in [1.54, 1.807) is 0 Å². The van der Waals surface area contributed by atoms with Crippen molar-refractivity contribution < 1.29 is 57.6 Å². The molecule has 1 saturated heterocycles. The number of rotatable bonds is 7. The number of phenolic OH excluding ortho intramolecular Hbond substituents is 1. The Morgan fingerprint density at radius 1 is 0.868 bits per heavy atom. The van der Waals surface area contributed by atoms with Crippen molar-refractivity contribution in [3.05, 3.63) is 39.8 Å². The minimum absolute atomic E-state index is 0.00172. The van der Waals surface area contributed by atoms with Crippen molar-refractivity contribution >= 4 is 47.2 Å². The van der Waals surface area contributed by atoms with E-state index >= 15 is 0 Å². The monoisotopic (exact) mass is 550 g/mol. The molecule has 1 aliphatic heterocycles. The van der Waals surface area contributed by atoms with Crippen molar-refractivity contribution in [1.29, 1.82) is 0 Å². The highest BCUT2D eigenvalue weighted by Crippen LogP contribution is 2.42. The van der Waals surface area contributed by atoms with Gasteiger partial charge in [0.25, 0.3) is 0 Å². The van der Waals surface area contributed by atoms with Gasteiger partial charge in [0.15, 0.2) is 24.1 Å². The van der Waals surface area contributed by atoms with Crippen LogP contribution in [0.25, 0.3) is 0 Å². The molecule has 0 saturated carbocycles. The molecule has 1 N–H and O–H groups in total. The van der Waals surface area contributed by atoms with E-state index in [1.807, 2.05) is 0 Å². The highest BCUT2D eigenvalue weighted by molar-refractivity contribution is 8.04. The van der Waals surface area contributed by atoms with Crippen LogP contribution in [0.5, 0.6) is 5.75 Å². The fraction of sp³-hybridized carbons (Fsp3) is 0.440. The van der Waals surface area contributed by atoms with E-state index in [2.05, 4.69) is 0 Å². The standard InChI is InChI=1S/C25H26O12S/c1-10-19(31)18-15(7-6-8-16(18)30)20(32)24(10)38-25-23(36-14(5)29)22(35-13(4)28)21(34-12(3)27)17(37-25)9-33-11(2)26/h6-8,17,21-23,25,30H,9H2,1-5H3/t17-,21-,22+,23-,25-/m1/s1. The summed E-state index contributed by atoms with van der Waals surface area (Å²) in [7, 11) is 0. The average molecular weight is 551 g/mol. The number of ether oxygens (including phenoxy) is 5. The largest absolute Gasteiger partial charge is 0.507 e. The number of esters is 4. The molecule has 0 unspecified atom stereocenters. The number of hydrogen-bond donors (Lipinski definition) is 1. The van der Waals surface area contributed by atoms with Crippen LogP contribution in [0.2, 0.25) is 0 Å². The molecule has 1 heterocycles. The molecule has 12 nitrogen and oxygen atoms in total. The summed E-state index contributed by atoms with van der Waals surface area (Å²) >= 11 is 0.727. The number of fused-ring (bicyclic) bond motifs is 1. The number of allylic oxidation sites excluding steroid dienone is 2. The highest BCUT2D eigenvalue weighted by Gasteiger charge is 2.53. The maximum Gasteiger partial charge on any atom is 0.303 e. The van der Waals surface area contributed by atoms with Crippen LogP contribution in [-0.4, -0.2) is 77.0 Å². The van der Waals surface area contributed by atoms with Crippen LogP contribution in [0.15, 0.2) is 28.7 Å². The van der Waals surface area contributed by atoms with E-state index < -0.39 is 71.9 Å². The molecule has 204 valence electrons. The van der Waals surface area contributed by atoms with Crippen LogP contribution >= 0.6 is 11.8 Å². The molecule has 1 aliphatic carbocycles. The van der Waals surface area contributed by atoms with Crippen molar-refractivity contribution in [1.82, 2.24) is 0 Å². The zero-order valence-electron chi connectivity index (χ0n) is 21.2. The van der Waals surface area contributed by atoms with Gasteiger partial charge in [-0.2, -0.15) is 0 Å². The van der Waals surface area contributed by atoms with E-state index in [0.29, 0.717) is 0 Å². The number of phenols is 1. The number of ketones is 2. The van der Waals surface area contributed by atoms with Gasteiger partial charge in [0.1, 0.15) is 23.9 Å². The van der Waals surface area contributed by atoms with Gasteiger partial charge in [0.05, 0.1) is 10.5 Å². The summed E-state index contributed by atoms with van der Waals surface area (Å²) in [6, 6.07) is 4.08. The second-order valence-electron chi connectivity index (χ2n) is 8.50. The lowest BCUT2D eigenvalue weighted by molar-refractivity contribution is -0.237. The normalized spacial score (nSPS) is 24.8. The Balaban J connectivity index is 2.07. The van der Waals surface area contributed by atoms with Gasteiger partial charge in [-0.1, -0.05) is 17.8 Å². The summed E-state index contributed by atoms with van der Waals surface area (Å²) in [5.74, 6) is -4.58. The Hall–Kier alpha value is -3.71. The molecule has 5 atom stereocenters. The van der Waals surface area contributed by atoms with Gasteiger partial charge in [-0.15, -0.1) is 0 Å². The Labute approximate surface area is 221 Å². The van der Waals surface area contributed by atoms with Gasteiger partial charge in [0.2, 0.25) is 5.78 Å². The number of carbonyl (C=O) groups is 6. The predicted octanol–water partition coefficient (Wildman–Crippen LogP) is 1.86. The van der Waals surface area contributed by atoms with Gasteiger partial charge in [-0.3, -0.25) is 28.8 Å². The maximum absolute atomic E-state index is 13.4. The van der Waals surface area contributed by atoms with Gasteiger partial charge in [0, 0.05) is 38.8 Å². The minimum Gasteiger partial charge on any atom is -0.507 e. The van der Waals surface area contributed by atoms with Crippen molar-refractivity contribution in [2.75, 3.05) is 6.61 Å². The van der Waals surface area contributed by atoms with E-state index in [4.69, 9.17) is 23.7 Å². The molecule has 0 bridgehead atoms. The second kappa shape index (κ2) is 11.8. The fourth-order valence-corrected chi connectivity index (χ4v) is 5.35. The number of thioether (sulfide) groups is 1. The summed E-state index contributed by atoms with van der Waals surface area (Å²) in [6.45, 7) is 5.39. The summed E-state index contributed by atoms with van der Waals surface area (Å²) in [6.07, 6.45) is -5.39. The zero-order valence-corrected chi connectivity index (χ0v) is 22.0. The summed E-state index contributed by atoms with van der Waals surface area (Å²) in [5.41, 5.74) is -1.45. The molecule has 0 radical (unpaired) electrons. The van der Waals surface area contributed by atoms with Crippen molar-refractivity contribution in [2.45, 2.75) is 64.5 Å². The Morgan fingerprint density at radius 2 is 1.45 bits per heavy atom. The van der Waals surface area contributed by atoms with Crippen LogP contribution in [0.4, 0.5) is 0 Å². The van der Waals surface area contributed by atoms with E-state index in [0.717, 1.165) is 39.5 Å². The molecule has 2 aliphatic rings. The number of benzene rings is 1. The smallest absolute Gasteiger partial charge is 0.303 e. The number of carbonyl (C=O) groups excluding carboxylic acids is 6. The van der Waals surface area contributed by atoms with Gasteiger partial charge in [-0.25, -0.2) is 0 Å². The third-order valence-corrected chi connectivity index (χ3v) is 6.92. The van der Waals surface area contributed by atoms with Crippen molar-refractivity contribution in [3.63, 3.8) is 0 Å². The Bertz CT molecular complexity index is 1220. The zero-order chi connectivity index (χ0) is 28.3. The third-order valence-electron chi connectivity index (χ3n) is 5.58. The first-order valence-electron chi connectivity index (χ1n) is 11.4. The predicted molar refractivity (Wildman–Crippen MR) is 129 cm³/mol. The lowest BCUT2D eigenvalue weighted by atomic mass is 9.89. The molecule has 1 aromatic rings. The lowest BCUT2D eigenvalue weighted by Gasteiger charge is -2.44. The summed E-state index contributed by atoms with van der Waals surface area (Å²) in [5, 5.41) is 10.2. The molecule has 0 aromatic heterocycles. The first kappa shape index (κ1) is 28.9. The fourth-order valence-electron chi connectivity index (χ4n) is 4.09. The van der Waals surface area contributed by atoms with E-state index in [1.165, 1.54) is 25.1 Å². The van der Waals surface area contributed by atoms with Gasteiger partial charge in [-0.05, 0) is 19.1 Å². The van der Waals surface area contributed by atoms with Gasteiger partial charge < -0.3 is 28.8 Å². The van der Waals surface area contributed by atoms with Crippen molar-refractivity contribution in [2.24, 2.45) is 0 Å². The quantitative estimate of drug-likeness (QED) is 0.386. The van der Waals surface area contributed by atoms with Crippen LogP contribution in [0, 0.1) is 0 Å².